The average Bonchev–Trinajstić information content (AvgIpc) is 2.66. The molecule has 0 bridgehead atoms. The van der Waals surface area contributed by atoms with E-state index in [1.807, 2.05) is 13.0 Å². The summed E-state index contributed by atoms with van der Waals surface area (Å²) in [6, 6.07) is 1.04. The molecule has 4 N–H and O–H groups in total. The molecule has 0 aliphatic carbocycles. The number of aromatic nitrogens is 2. The Morgan fingerprint density at radius 3 is 2.70 bits per heavy atom. The van der Waals surface area contributed by atoms with E-state index in [-0.39, 0.29) is 5.95 Å². The molecule has 110 valence electrons. The maximum absolute atomic E-state index is 12.4. The molecule has 0 amide bonds. The fraction of sp³-hybridized carbons (Fsp3) is 0.455. The van der Waals surface area contributed by atoms with Crippen molar-refractivity contribution in [2.75, 3.05) is 10.7 Å². The van der Waals surface area contributed by atoms with Gasteiger partial charge in [0.15, 0.2) is 0 Å². The van der Waals surface area contributed by atoms with Crippen LogP contribution in [0.1, 0.15) is 18.2 Å². The second-order valence-electron chi connectivity index (χ2n) is 4.48. The fourth-order valence-electron chi connectivity index (χ4n) is 1.85. The number of hydrazine groups is 1. The Bertz CT molecular complexity index is 610. The Kier molecular flexibility index (Phi) is 4.00. The maximum atomic E-state index is 12.4. The monoisotopic (exact) mass is 305 g/mol. The highest BCUT2D eigenvalue weighted by Crippen LogP contribution is 2.31. The second-order valence-corrected chi connectivity index (χ2v) is 5.72. The standard InChI is InChI=1S/C11H14F3N5S/c1-5(4-11(12,13)14)16-8-7-3-6(2)20-9(7)18-10(17-8)19-15/h3,5H,4,15H2,1-2H3,(H2,16,17,18,19). The number of aryl methyl sites for hydroxylation is 1. The Morgan fingerprint density at radius 2 is 2.10 bits per heavy atom. The summed E-state index contributed by atoms with van der Waals surface area (Å²) in [6.07, 6.45) is -5.16. The molecule has 2 heterocycles. The lowest BCUT2D eigenvalue weighted by Crippen LogP contribution is -2.24. The molecule has 0 aliphatic heterocycles. The van der Waals surface area contributed by atoms with Crippen molar-refractivity contribution in [1.82, 2.24) is 9.97 Å². The van der Waals surface area contributed by atoms with Crippen LogP contribution in [-0.4, -0.2) is 22.2 Å². The van der Waals surface area contributed by atoms with Gasteiger partial charge in [0.05, 0.1) is 11.8 Å². The summed E-state index contributed by atoms with van der Waals surface area (Å²) < 4.78 is 37.1. The zero-order chi connectivity index (χ0) is 14.9. The van der Waals surface area contributed by atoms with Crippen LogP contribution in [0.25, 0.3) is 10.2 Å². The molecule has 2 rings (SSSR count). The van der Waals surface area contributed by atoms with Crippen molar-refractivity contribution in [3.63, 3.8) is 0 Å². The van der Waals surface area contributed by atoms with Crippen LogP contribution in [0.4, 0.5) is 24.9 Å². The van der Waals surface area contributed by atoms with Gasteiger partial charge in [0.25, 0.3) is 0 Å². The minimum atomic E-state index is -4.22. The van der Waals surface area contributed by atoms with Gasteiger partial charge >= 0.3 is 6.18 Å². The number of rotatable bonds is 4. The molecule has 0 aliphatic rings. The first kappa shape index (κ1) is 14.8. The first-order valence-electron chi connectivity index (χ1n) is 5.86. The molecule has 0 spiro atoms. The average molecular weight is 305 g/mol. The molecule has 0 aromatic carbocycles. The molecule has 9 heteroatoms. The van der Waals surface area contributed by atoms with E-state index in [1.54, 1.807) is 0 Å². The van der Waals surface area contributed by atoms with Crippen LogP contribution >= 0.6 is 11.3 Å². The number of fused-ring (bicyclic) bond motifs is 1. The predicted molar refractivity (Wildman–Crippen MR) is 73.7 cm³/mol. The summed E-state index contributed by atoms with van der Waals surface area (Å²) in [7, 11) is 0. The first-order chi connectivity index (χ1) is 9.28. The third kappa shape index (κ3) is 3.48. The summed E-state index contributed by atoms with van der Waals surface area (Å²) in [6.45, 7) is 3.35. The highest BCUT2D eigenvalue weighted by molar-refractivity contribution is 7.18. The minimum Gasteiger partial charge on any atom is -0.367 e. The second kappa shape index (κ2) is 5.41. The number of hydrogen-bond donors (Lipinski definition) is 3. The number of hydrogen-bond acceptors (Lipinski definition) is 6. The highest BCUT2D eigenvalue weighted by atomic mass is 32.1. The lowest BCUT2D eigenvalue weighted by molar-refractivity contribution is -0.136. The zero-order valence-corrected chi connectivity index (χ0v) is 11.7. The number of halogens is 3. The highest BCUT2D eigenvalue weighted by Gasteiger charge is 2.30. The van der Waals surface area contributed by atoms with Gasteiger partial charge < -0.3 is 5.32 Å². The van der Waals surface area contributed by atoms with Crippen molar-refractivity contribution in [3.8, 4) is 0 Å². The van der Waals surface area contributed by atoms with Crippen molar-refractivity contribution in [1.29, 1.82) is 0 Å². The fourth-order valence-corrected chi connectivity index (χ4v) is 2.73. The van der Waals surface area contributed by atoms with E-state index in [2.05, 4.69) is 20.7 Å². The maximum Gasteiger partial charge on any atom is 0.391 e. The Hall–Kier alpha value is -1.61. The van der Waals surface area contributed by atoms with E-state index >= 15 is 0 Å². The molecule has 0 saturated carbocycles. The van der Waals surface area contributed by atoms with Gasteiger partial charge in [0, 0.05) is 10.9 Å². The number of nitrogens with zero attached hydrogens (tertiary/aromatic N) is 2. The molecule has 0 fully saturated rings. The summed E-state index contributed by atoms with van der Waals surface area (Å²) in [4.78, 5) is 9.92. The van der Waals surface area contributed by atoms with Crippen LogP contribution in [0.3, 0.4) is 0 Å². The molecule has 2 aromatic heterocycles. The zero-order valence-electron chi connectivity index (χ0n) is 10.9. The van der Waals surface area contributed by atoms with Crippen LogP contribution in [0.2, 0.25) is 0 Å². The van der Waals surface area contributed by atoms with Gasteiger partial charge in [0.1, 0.15) is 10.6 Å². The van der Waals surface area contributed by atoms with Gasteiger partial charge in [-0.3, -0.25) is 5.43 Å². The molecule has 0 saturated heterocycles. The molecule has 0 radical (unpaired) electrons. The Labute approximate surface area is 117 Å². The van der Waals surface area contributed by atoms with Gasteiger partial charge in [-0.2, -0.15) is 18.2 Å². The lowest BCUT2D eigenvalue weighted by Gasteiger charge is -2.17. The SMILES string of the molecule is Cc1cc2c(NC(C)CC(F)(F)F)nc(NN)nc2s1. The third-order valence-corrected chi connectivity index (χ3v) is 3.51. The normalized spacial score (nSPS) is 13.5. The molecule has 1 unspecified atom stereocenters. The van der Waals surface area contributed by atoms with E-state index in [4.69, 9.17) is 5.84 Å². The molecular weight excluding hydrogens is 291 g/mol. The predicted octanol–water partition coefficient (Wildman–Crippen LogP) is 3.04. The van der Waals surface area contributed by atoms with E-state index < -0.39 is 18.6 Å². The van der Waals surface area contributed by atoms with Gasteiger partial charge in [-0.05, 0) is 19.9 Å². The van der Waals surface area contributed by atoms with Crippen LogP contribution in [-0.2, 0) is 0 Å². The number of nitrogens with one attached hydrogen (secondary N) is 2. The van der Waals surface area contributed by atoms with Crippen molar-refractivity contribution in [2.24, 2.45) is 5.84 Å². The number of alkyl halides is 3. The van der Waals surface area contributed by atoms with Crippen LogP contribution in [0.15, 0.2) is 6.07 Å². The summed E-state index contributed by atoms with van der Waals surface area (Å²) in [5.41, 5.74) is 2.31. The smallest absolute Gasteiger partial charge is 0.367 e. The van der Waals surface area contributed by atoms with Crippen molar-refractivity contribution < 1.29 is 13.2 Å². The minimum absolute atomic E-state index is 0.168. The molecule has 5 nitrogen and oxygen atoms in total. The summed E-state index contributed by atoms with van der Waals surface area (Å²) in [5, 5.41) is 3.46. The van der Waals surface area contributed by atoms with Crippen LogP contribution in [0.5, 0.6) is 0 Å². The Morgan fingerprint density at radius 1 is 1.40 bits per heavy atom. The van der Waals surface area contributed by atoms with Gasteiger partial charge in [-0.25, -0.2) is 10.8 Å². The van der Waals surface area contributed by atoms with Gasteiger partial charge in [-0.15, -0.1) is 11.3 Å². The van der Waals surface area contributed by atoms with Crippen molar-refractivity contribution in [2.45, 2.75) is 32.5 Å². The Balaban J connectivity index is 2.32. The quantitative estimate of drug-likeness (QED) is 0.598. The number of nitrogens with two attached hydrogens (primary N) is 1. The molecule has 1 atom stereocenters. The third-order valence-electron chi connectivity index (χ3n) is 2.57. The number of nitrogen functional groups attached to an aromatic ring is 1. The van der Waals surface area contributed by atoms with Crippen molar-refractivity contribution in [3.05, 3.63) is 10.9 Å². The van der Waals surface area contributed by atoms with Gasteiger partial charge in [-0.1, -0.05) is 0 Å². The summed E-state index contributed by atoms with van der Waals surface area (Å²) in [5.74, 6) is 5.79. The largest absolute Gasteiger partial charge is 0.391 e. The van der Waals surface area contributed by atoms with E-state index in [0.717, 1.165) is 4.88 Å². The first-order valence-corrected chi connectivity index (χ1v) is 6.68. The van der Waals surface area contributed by atoms with Crippen LogP contribution in [0, 0.1) is 6.92 Å². The van der Waals surface area contributed by atoms with E-state index in [9.17, 15) is 13.2 Å². The van der Waals surface area contributed by atoms with Crippen molar-refractivity contribution >= 4 is 33.3 Å². The molecule has 20 heavy (non-hydrogen) atoms. The number of anilines is 2. The lowest BCUT2D eigenvalue weighted by atomic mass is 10.2. The van der Waals surface area contributed by atoms with Crippen LogP contribution < -0.4 is 16.6 Å². The van der Waals surface area contributed by atoms with E-state index in [1.165, 1.54) is 18.3 Å². The topological polar surface area (TPSA) is 75.9 Å². The number of thiophene rings is 1. The molecule has 2 aromatic rings. The molecular formula is C11H14F3N5S. The summed E-state index contributed by atoms with van der Waals surface area (Å²) >= 11 is 1.43. The van der Waals surface area contributed by atoms with Gasteiger partial charge in [0.2, 0.25) is 5.95 Å². The van der Waals surface area contributed by atoms with E-state index in [0.29, 0.717) is 16.0 Å².